The lowest BCUT2D eigenvalue weighted by molar-refractivity contribution is -0.138. The Labute approximate surface area is 186 Å². The Bertz CT molecular complexity index is 1260. The van der Waals surface area contributed by atoms with E-state index in [1.54, 1.807) is 42.5 Å². The van der Waals surface area contributed by atoms with E-state index in [0.29, 0.717) is 16.6 Å². The number of rotatable bonds is 8. The number of guanidine groups is 1. The van der Waals surface area contributed by atoms with Crippen molar-refractivity contribution in [2.24, 2.45) is 5.73 Å². The summed E-state index contributed by atoms with van der Waals surface area (Å²) < 4.78 is 28.7. The van der Waals surface area contributed by atoms with E-state index in [4.69, 9.17) is 11.1 Å². The fourth-order valence-electron chi connectivity index (χ4n) is 3.43. The van der Waals surface area contributed by atoms with E-state index in [9.17, 15) is 18.3 Å². The van der Waals surface area contributed by atoms with Gasteiger partial charge in [0.05, 0.1) is 4.90 Å². The predicted octanol–water partition coefficient (Wildman–Crippen LogP) is 2.19. The highest BCUT2D eigenvalue weighted by Gasteiger charge is 2.27. The zero-order valence-corrected chi connectivity index (χ0v) is 18.5. The zero-order chi connectivity index (χ0) is 23.5. The van der Waals surface area contributed by atoms with Crippen molar-refractivity contribution in [3.05, 3.63) is 66.2 Å². The second kappa shape index (κ2) is 9.25. The molecule has 32 heavy (non-hydrogen) atoms. The molecule has 0 bridgehead atoms. The Morgan fingerprint density at radius 3 is 2.28 bits per heavy atom. The summed E-state index contributed by atoms with van der Waals surface area (Å²) in [4.78, 5) is 13.7. The third-order valence-electron chi connectivity index (χ3n) is 4.90. The van der Waals surface area contributed by atoms with E-state index in [1.807, 2.05) is 31.1 Å². The fourth-order valence-corrected chi connectivity index (χ4v) is 4.85. The Balaban J connectivity index is 1.90. The summed E-state index contributed by atoms with van der Waals surface area (Å²) in [6.45, 7) is 0. The molecule has 3 aromatic rings. The number of carbonyl (C=O) groups is 1. The third-order valence-corrected chi connectivity index (χ3v) is 6.43. The molecule has 1 atom stereocenters. The number of nitrogens with two attached hydrogens (primary N) is 1. The Hall–Kier alpha value is -3.63. The molecule has 0 amide bonds. The minimum atomic E-state index is -4.12. The molecule has 0 aliphatic heterocycles. The summed E-state index contributed by atoms with van der Waals surface area (Å²) in [5.74, 6) is -1.50. The number of nitrogens with zero attached hydrogens (tertiary/aromatic N) is 1. The van der Waals surface area contributed by atoms with Crippen LogP contribution in [0.25, 0.3) is 10.8 Å². The molecule has 0 saturated carbocycles. The summed E-state index contributed by atoms with van der Waals surface area (Å²) in [6, 6.07) is 15.5. The van der Waals surface area contributed by atoms with E-state index in [1.165, 1.54) is 6.07 Å². The molecule has 3 aromatic carbocycles. The van der Waals surface area contributed by atoms with E-state index >= 15 is 0 Å². The number of carboxylic acid groups (broad SMARTS) is 1. The number of carboxylic acids is 1. The van der Waals surface area contributed by atoms with Gasteiger partial charge < -0.3 is 21.1 Å². The molecule has 0 unspecified atom stereocenters. The lowest BCUT2D eigenvalue weighted by Gasteiger charge is -2.19. The third kappa shape index (κ3) is 5.16. The summed E-state index contributed by atoms with van der Waals surface area (Å²) in [5.41, 5.74) is 7.33. The molecule has 0 fully saturated rings. The number of hydrogen-bond acceptors (Lipinski definition) is 5. The molecule has 10 heteroatoms. The van der Waals surface area contributed by atoms with Crippen LogP contribution in [0.15, 0.2) is 65.6 Å². The predicted molar refractivity (Wildman–Crippen MR) is 126 cm³/mol. The van der Waals surface area contributed by atoms with E-state index in [-0.39, 0.29) is 17.3 Å². The number of aliphatic carboxylic acids is 1. The van der Waals surface area contributed by atoms with Crippen LogP contribution in [0.5, 0.6) is 0 Å². The second-order valence-corrected chi connectivity index (χ2v) is 9.16. The highest BCUT2D eigenvalue weighted by atomic mass is 32.2. The van der Waals surface area contributed by atoms with Crippen molar-refractivity contribution in [3.63, 3.8) is 0 Å². The van der Waals surface area contributed by atoms with Crippen LogP contribution in [-0.2, 0) is 21.2 Å². The fraction of sp³-hybridized carbons (Fsp3) is 0.182. The standard InChI is InChI=1S/C22H25N5O4S/c1-27(2)19-7-3-6-17-16(19)5-4-8-20(17)32(30,31)26-18(21(28)29)13-14-9-11-15(12-10-14)25-22(23)24/h3-12,18,26H,13H2,1-2H3,(H,28,29)(H4,23,24,25)/t18-/m0/s1. The van der Waals surface area contributed by atoms with Crippen molar-refractivity contribution in [1.82, 2.24) is 4.72 Å². The van der Waals surface area contributed by atoms with Crippen molar-refractivity contribution >= 4 is 44.1 Å². The van der Waals surface area contributed by atoms with Crippen molar-refractivity contribution in [2.75, 3.05) is 24.3 Å². The minimum absolute atomic E-state index is 0.0194. The van der Waals surface area contributed by atoms with Crippen molar-refractivity contribution in [2.45, 2.75) is 17.4 Å². The first-order valence-electron chi connectivity index (χ1n) is 9.72. The molecule has 9 nitrogen and oxygen atoms in total. The first-order valence-corrected chi connectivity index (χ1v) is 11.2. The smallest absolute Gasteiger partial charge is 0.322 e. The van der Waals surface area contributed by atoms with Gasteiger partial charge in [0.2, 0.25) is 10.0 Å². The molecular formula is C22H25N5O4S. The maximum absolute atomic E-state index is 13.2. The topological polar surface area (TPSA) is 149 Å². The molecule has 0 aromatic heterocycles. The molecule has 6 N–H and O–H groups in total. The number of nitrogens with one attached hydrogen (secondary N) is 3. The Morgan fingerprint density at radius 1 is 1.06 bits per heavy atom. The first kappa shape index (κ1) is 23.0. The van der Waals surface area contributed by atoms with Crippen LogP contribution in [0.3, 0.4) is 0 Å². The van der Waals surface area contributed by atoms with E-state index < -0.39 is 22.0 Å². The van der Waals surface area contributed by atoms with E-state index in [0.717, 1.165) is 11.1 Å². The van der Waals surface area contributed by atoms with Crippen LogP contribution in [0.4, 0.5) is 11.4 Å². The molecule has 0 aliphatic rings. The van der Waals surface area contributed by atoms with Gasteiger partial charge in [0.15, 0.2) is 5.96 Å². The summed E-state index contributed by atoms with van der Waals surface area (Å²) in [6.07, 6.45) is -0.0529. The average molecular weight is 456 g/mol. The van der Waals surface area contributed by atoms with Gasteiger partial charge in [0.1, 0.15) is 6.04 Å². The number of benzene rings is 3. The van der Waals surface area contributed by atoms with Crippen LogP contribution in [0.1, 0.15) is 5.56 Å². The molecule has 168 valence electrons. The molecule has 0 spiro atoms. The number of fused-ring (bicyclic) bond motifs is 1. The zero-order valence-electron chi connectivity index (χ0n) is 17.7. The molecule has 0 heterocycles. The molecule has 0 radical (unpaired) electrons. The summed E-state index contributed by atoms with van der Waals surface area (Å²) in [5, 5.41) is 20.8. The molecule has 3 rings (SSSR count). The second-order valence-electron chi connectivity index (χ2n) is 7.47. The summed E-state index contributed by atoms with van der Waals surface area (Å²) in [7, 11) is -0.390. The Kier molecular flexibility index (Phi) is 6.66. The highest BCUT2D eigenvalue weighted by Crippen LogP contribution is 2.30. The van der Waals surface area contributed by atoms with Gasteiger partial charge in [-0.1, -0.05) is 36.4 Å². The van der Waals surface area contributed by atoms with Crippen LogP contribution in [-0.4, -0.2) is 45.6 Å². The average Bonchev–Trinajstić information content (AvgIpc) is 2.73. The van der Waals surface area contributed by atoms with Crippen molar-refractivity contribution < 1.29 is 18.3 Å². The lowest BCUT2D eigenvalue weighted by atomic mass is 10.1. The van der Waals surface area contributed by atoms with Crippen LogP contribution in [0.2, 0.25) is 0 Å². The monoisotopic (exact) mass is 455 g/mol. The van der Waals surface area contributed by atoms with Crippen LogP contribution < -0.4 is 20.7 Å². The summed E-state index contributed by atoms with van der Waals surface area (Å²) >= 11 is 0. The van der Waals surface area contributed by atoms with Gasteiger partial charge in [0.25, 0.3) is 0 Å². The van der Waals surface area contributed by atoms with Crippen molar-refractivity contribution in [3.8, 4) is 0 Å². The van der Waals surface area contributed by atoms with Gasteiger partial charge in [-0.2, -0.15) is 4.72 Å². The van der Waals surface area contributed by atoms with Gasteiger partial charge in [-0.15, -0.1) is 0 Å². The van der Waals surface area contributed by atoms with Gasteiger partial charge in [-0.25, -0.2) is 8.42 Å². The maximum Gasteiger partial charge on any atom is 0.322 e. The number of anilines is 2. The van der Waals surface area contributed by atoms with Gasteiger partial charge in [0, 0.05) is 36.2 Å². The van der Waals surface area contributed by atoms with Gasteiger partial charge >= 0.3 is 5.97 Å². The minimum Gasteiger partial charge on any atom is -0.480 e. The lowest BCUT2D eigenvalue weighted by Crippen LogP contribution is -2.42. The highest BCUT2D eigenvalue weighted by molar-refractivity contribution is 7.89. The molecule has 0 aliphatic carbocycles. The van der Waals surface area contributed by atoms with Crippen LogP contribution in [0, 0.1) is 5.41 Å². The van der Waals surface area contributed by atoms with Crippen molar-refractivity contribution in [1.29, 1.82) is 5.41 Å². The van der Waals surface area contributed by atoms with Crippen LogP contribution >= 0.6 is 0 Å². The normalized spacial score (nSPS) is 12.3. The Morgan fingerprint density at radius 2 is 1.69 bits per heavy atom. The van der Waals surface area contributed by atoms with Gasteiger partial charge in [-0.05, 0) is 36.2 Å². The molecular weight excluding hydrogens is 430 g/mol. The largest absolute Gasteiger partial charge is 0.480 e. The maximum atomic E-state index is 13.2. The first-order chi connectivity index (χ1) is 15.1. The SMILES string of the molecule is CN(C)c1cccc2c(S(=O)(=O)N[C@@H](Cc3ccc(NC(=N)N)cc3)C(=O)O)cccc12. The van der Waals surface area contributed by atoms with E-state index in [2.05, 4.69) is 10.0 Å². The molecule has 0 saturated heterocycles. The number of sulfonamides is 1. The van der Waals surface area contributed by atoms with Gasteiger partial charge in [-0.3, -0.25) is 10.2 Å². The quantitative estimate of drug-likeness (QED) is 0.258. The number of hydrogen-bond donors (Lipinski definition) is 5.